The van der Waals surface area contributed by atoms with Gasteiger partial charge in [0, 0.05) is 23.1 Å². The molecule has 3 aromatic rings. The van der Waals surface area contributed by atoms with E-state index in [-0.39, 0.29) is 59.0 Å². The number of carbonyl (C=O) groups is 3. The Kier molecular flexibility index (Phi) is 7.60. The van der Waals surface area contributed by atoms with Crippen molar-refractivity contribution in [2.75, 3.05) is 11.1 Å². The smallest absolute Gasteiger partial charge is 0.326 e. The average Bonchev–Trinajstić information content (AvgIpc) is 3.28. The molecule has 13 heteroatoms. The summed E-state index contributed by atoms with van der Waals surface area (Å²) in [7, 11) is 0. The molecule has 0 radical (unpaired) electrons. The first kappa shape index (κ1) is 29.0. The van der Waals surface area contributed by atoms with E-state index in [1.807, 2.05) is 0 Å². The van der Waals surface area contributed by atoms with Gasteiger partial charge in [0.2, 0.25) is 5.95 Å². The van der Waals surface area contributed by atoms with Gasteiger partial charge in [-0.3, -0.25) is 19.4 Å². The number of hydrogen-bond donors (Lipinski definition) is 5. The number of amides is 1. The van der Waals surface area contributed by atoms with E-state index in [4.69, 9.17) is 10.5 Å². The first-order valence-corrected chi connectivity index (χ1v) is 14.0. The van der Waals surface area contributed by atoms with Gasteiger partial charge in [-0.2, -0.15) is 4.98 Å². The molecule has 2 aliphatic carbocycles. The number of esters is 1. The van der Waals surface area contributed by atoms with Crippen LogP contribution >= 0.6 is 0 Å². The van der Waals surface area contributed by atoms with Crippen molar-refractivity contribution >= 4 is 40.6 Å². The van der Waals surface area contributed by atoms with Crippen LogP contribution in [0.2, 0.25) is 0 Å². The van der Waals surface area contributed by atoms with E-state index in [0.717, 1.165) is 19.3 Å². The highest BCUT2D eigenvalue weighted by Gasteiger charge is 2.62. The quantitative estimate of drug-likeness (QED) is 0.222. The second-order valence-corrected chi connectivity index (χ2v) is 11.9. The zero-order valence-electron chi connectivity index (χ0n) is 23.8. The molecule has 222 valence electrons. The highest BCUT2D eigenvalue weighted by Crippen LogP contribution is 2.66. The second kappa shape index (κ2) is 11.0. The Morgan fingerprint density at radius 3 is 2.57 bits per heavy atom. The molecular formula is C29H35N7O6. The number of fused-ring (bicyclic) bond motifs is 3. The van der Waals surface area contributed by atoms with Gasteiger partial charge in [-0.25, -0.2) is 14.8 Å². The molecule has 4 atom stereocenters. The van der Waals surface area contributed by atoms with Gasteiger partial charge in [-0.1, -0.05) is 20.8 Å². The normalized spacial score (nSPS) is 22.9. The lowest BCUT2D eigenvalue weighted by Crippen LogP contribution is -2.41. The molecule has 2 fully saturated rings. The van der Waals surface area contributed by atoms with Crippen LogP contribution in [0.15, 0.2) is 35.3 Å². The summed E-state index contributed by atoms with van der Waals surface area (Å²) in [4.78, 5) is 64.0. The fourth-order valence-corrected chi connectivity index (χ4v) is 6.28. The van der Waals surface area contributed by atoms with Gasteiger partial charge in [-0.05, 0) is 61.3 Å². The molecular weight excluding hydrogens is 542 g/mol. The maximum atomic E-state index is 12.8. The highest BCUT2D eigenvalue weighted by molar-refractivity contribution is 5.97. The predicted molar refractivity (Wildman–Crippen MR) is 153 cm³/mol. The van der Waals surface area contributed by atoms with E-state index in [1.54, 1.807) is 24.3 Å². The number of nitrogens with zero attached hydrogens (tertiary/aromatic N) is 3. The van der Waals surface area contributed by atoms with E-state index >= 15 is 0 Å². The topological polar surface area (TPSA) is 202 Å². The molecule has 1 amide bonds. The maximum absolute atomic E-state index is 12.8. The molecule has 1 aromatic carbocycles. The number of rotatable bonds is 10. The summed E-state index contributed by atoms with van der Waals surface area (Å²) in [6.07, 6.45) is 4.11. The third-order valence-corrected chi connectivity index (χ3v) is 9.34. The van der Waals surface area contributed by atoms with Crippen molar-refractivity contribution in [3.8, 4) is 0 Å². The maximum Gasteiger partial charge on any atom is 0.326 e. The molecule has 2 heterocycles. The van der Waals surface area contributed by atoms with Crippen molar-refractivity contribution in [2.45, 2.75) is 71.6 Å². The van der Waals surface area contributed by atoms with Crippen LogP contribution in [0.1, 0.15) is 68.9 Å². The number of nitrogen functional groups attached to an aromatic ring is 1. The number of aromatic nitrogens is 4. The Morgan fingerprint density at radius 2 is 1.93 bits per heavy atom. The standard InChI is InChI=1S/C29H35N7O6/c1-28(2)16-10-11-29(28,3)20(12-16)42-21(37)9-8-19(26(40)41)34-24(38)15-4-6-17(7-5-15)31-13-18-14-32-23-22(33-18)25(39)36-27(30)35-23/h4-7,14,16,19-20,31H,8-13H2,1-3H3,(H,34,38)(H,40,41)(H3,30,32,35,36,39)/t16?,19-,20?,29?/m0/s1. The van der Waals surface area contributed by atoms with Gasteiger partial charge in [0.15, 0.2) is 11.2 Å². The number of carboxylic acids is 1. The molecule has 3 unspecified atom stereocenters. The zero-order chi connectivity index (χ0) is 30.2. The molecule has 0 aliphatic heterocycles. The molecule has 2 aromatic heterocycles. The summed E-state index contributed by atoms with van der Waals surface area (Å²) < 4.78 is 5.82. The molecule has 0 saturated heterocycles. The van der Waals surface area contributed by atoms with Crippen molar-refractivity contribution in [2.24, 2.45) is 16.7 Å². The molecule has 13 nitrogen and oxygen atoms in total. The summed E-state index contributed by atoms with van der Waals surface area (Å²) in [5, 5.41) is 15.3. The lowest BCUT2D eigenvalue weighted by atomic mass is 9.70. The lowest BCUT2D eigenvalue weighted by Gasteiger charge is -2.38. The number of nitrogens with two attached hydrogens (primary N) is 1. The molecule has 2 bridgehead atoms. The molecule has 5 rings (SSSR count). The highest BCUT2D eigenvalue weighted by atomic mass is 16.5. The Balaban J connectivity index is 1.13. The van der Waals surface area contributed by atoms with Crippen LogP contribution in [0.5, 0.6) is 0 Å². The molecule has 2 aliphatic rings. The Hall–Kier alpha value is -4.55. The number of ether oxygens (including phenoxy) is 1. The number of aliphatic carboxylic acids is 1. The summed E-state index contributed by atoms with van der Waals surface area (Å²) in [5.41, 5.74) is 6.67. The Bertz CT molecular complexity index is 1590. The number of carboxylic acid groups (broad SMARTS) is 1. The third kappa shape index (κ3) is 5.50. The van der Waals surface area contributed by atoms with Crippen LogP contribution in [0, 0.1) is 16.7 Å². The monoisotopic (exact) mass is 577 g/mol. The van der Waals surface area contributed by atoms with Crippen LogP contribution in [0.25, 0.3) is 11.2 Å². The first-order chi connectivity index (χ1) is 19.9. The van der Waals surface area contributed by atoms with E-state index in [2.05, 4.69) is 51.3 Å². The average molecular weight is 578 g/mol. The summed E-state index contributed by atoms with van der Waals surface area (Å²) in [6, 6.07) is 5.17. The number of aromatic amines is 1. The minimum atomic E-state index is -1.24. The van der Waals surface area contributed by atoms with Crippen LogP contribution < -0.4 is 21.9 Å². The molecule has 42 heavy (non-hydrogen) atoms. The minimum absolute atomic E-state index is 0.0431. The van der Waals surface area contributed by atoms with Gasteiger partial charge < -0.3 is 26.2 Å². The summed E-state index contributed by atoms with van der Waals surface area (Å²) >= 11 is 0. The molecule has 6 N–H and O–H groups in total. The van der Waals surface area contributed by atoms with Crippen molar-refractivity contribution in [1.29, 1.82) is 0 Å². The van der Waals surface area contributed by atoms with Gasteiger partial charge in [-0.15, -0.1) is 0 Å². The third-order valence-electron chi connectivity index (χ3n) is 9.34. The second-order valence-electron chi connectivity index (χ2n) is 11.9. The summed E-state index contributed by atoms with van der Waals surface area (Å²) in [6.45, 7) is 6.88. The first-order valence-electron chi connectivity index (χ1n) is 14.0. The van der Waals surface area contributed by atoms with Crippen LogP contribution in [0.4, 0.5) is 11.6 Å². The summed E-state index contributed by atoms with van der Waals surface area (Å²) in [5.74, 6) is -1.77. The Morgan fingerprint density at radius 1 is 1.19 bits per heavy atom. The number of nitrogens with one attached hydrogen (secondary N) is 3. The zero-order valence-corrected chi connectivity index (χ0v) is 23.8. The minimum Gasteiger partial charge on any atom is -0.480 e. The van der Waals surface area contributed by atoms with E-state index in [1.165, 1.54) is 6.20 Å². The van der Waals surface area contributed by atoms with Gasteiger partial charge in [0.25, 0.3) is 11.5 Å². The van der Waals surface area contributed by atoms with E-state index < -0.39 is 29.4 Å². The largest absolute Gasteiger partial charge is 0.480 e. The van der Waals surface area contributed by atoms with Crippen molar-refractivity contribution in [3.05, 3.63) is 52.1 Å². The van der Waals surface area contributed by atoms with Crippen LogP contribution in [-0.4, -0.2) is 55.0 Å². The number of H-pyrrole nitrogens is 1. The Labute approximate surface area is 241 Å². The molecule has 2 saturated carbocycles. The fourth-order valence-electron chi connectivity index (χ4n) is 6.28. The number of carbonyl (C=O) groups excluding carboxylic acids is 2. The van der Waals surface area contributed by atoms with Gasteiger partial charge in [0.05, 0.1) is 18.4 Å². The van der Waals surface area contributed by atoms with Crippen LogP contribution in [0.3, 0.4) is 0 Å². The van der Waals surface area contributed by atoms with E-state index in [0.29, 0.717) is 17.3 Å². The van der Waals surface area contributed by atoms with E-state index in [9.17, 15) is 24.3 Å². The van der Waals surface area contributed by atoms with Crippen molar-refractivity contribution < 1.29 is 24.2 Å². The van der Waals surface area contributed by atoms with Crippen molar-refractivity contribution in [1.82, 2.24) is 25.3 Å². The predicted octanol–water partition coefficient (Wildman–Crippen LogP) is 2.63. The van der Waals surface area contributed by atoms with Crippen molar-refractivity contribution in [3.63, 3.8) is 0 Å². The number of anilines is 2. The van der Waals surface area contributed by atoms with Crippen LogP contribution in [-0.2, 0) is 20.9 Å². The van der Waals surface area contributed by atoms with Gasteiger partial charge >= 0.3 is 11.9 Å². The molecule has 0 spiro atoms. The SMILES string of the molecule is CC1(C)C2CCC1(C)C(OC(=O)CC[C@H](NC(=O)c1ccc(NCc3cnc4nc(N)[nH]c(=O)c4n3)cc1)C(=O)O)C2. The lowest BCUT2D eigenvalue weighted by molar-refractivity contribution is -0.157. The number of hydrogen-bond acceptors (Lipinski definition) is 10. The number of benzene rings is 1. The fraction of sp³-hybridized carbons (Fsp3) is 0.483. The van der Waals surface area contributed by atoms with Gasteiger partial charge in [0.1, 0.15) is 12.1 Å².